The Labute approximate surface area is 176 Å². The molecule has 29 heavy (non-hydrogen) atoms. The monoisotopic (exact) mass is 404 g/mol. The first-order valence-electron chi connectivity index (χ1n) is 12.0. The minimum Gasteiger partial charge on any atom is -0.457 e. The maximum atomic E-state index is 12.7. The molecule has 4 nitrogen and oxygen atoms in total. The Morgan fingerprint density at radius 2 is 1.62 bits per heavy atom. The van der Waals surface area contributed by atoms with Crippen LogP contribution in [0.3, 0.4) is 0 Å². The smallest absolute Gasteiger partial charge is 0.344 e. The quantitative estimate of drug-likeness (QED) is 0.422. The predicted octanol–water partition coefficient (Wildman–Crippen LogP) is 5.39. The molecule has 4 heteroatoms. The SMILES string of the molecule is CCC(C)(C)C(=O)OCC(=O)OC(C)(C)C1(CC)CC2CC1C1C3CCC(C3)C21. The lowest BCUT2D eigenvalue weighted by atomic mass is 9.54. The average molecular weight is 405 g/mol. The summed E-state index contributed by atoms with van der Waals surface area (Å²) >= 11 is 0. The first kappa shape index (κ1) is 21.2. The second-order valence-corrected chi connectivity index (χ2v) is 11.6. The van der Waals surface area contributed by atoms with Crippen LogP contribution in [0.15, 0.2) is 0 Å². The van der Waals surface area contributed by atoms with Crippen molar-refractivity contribution in [3.63, 3.8) is 0 Å². The topological polar surface area (TPSA) is 52.6 Å². The first-order valence-corrected chi connectivity index (χ1v) is 12.0. The van der Waals surface area contributed by atoms with Gasteiger partial charge >= 0.3 is 11.9 Å². The first-order chi connectivity index (χ1) is 13.6. The highest BCUT2D eigenvalue weighted by Gasteiger charge is 2.70. The number of hydrogen-bond donors (Lipinski definition) is 0. The third kappa shape index (κ3) is 3.07. The van der Waals surface area contributed by atoms with E-state index in [1.54, 1.807) is 0 Å². The molecule has 0 amide bonds. The highest BCUT2D eigenvalue weighted by atomic mass is 16.6. The average Bonchev–Trinajstić information content (AvgIpc) is 3.43. The molecule has 4 aliphatic carbocycles. The standard InChI is InChI=1S/C25H40O4/c1-7-23(3,4)22(27)28-14-19(26)29-24(5,6)25(8-2)13-17-12-18(25)21-16-10-9-15(11-16)20(17)21/h15-18,20-21H,7-14H2,1-6H3. The number of hydrogen-bond acceptors (Lipinski definition) is 4. The number of carbonyl (C=O) groups excluding carboxylic acids is 2. The van der Waals surface area contributed by atoms with Crippen LogP contribution in [0.1, 0.15) is 86.5 Å². The normalized spacial score (nSPS) is 40.2. The third-order valence-corrected chi connectivity index (χ3v) is 9.91. The molecule has 0 heterocycles. The van der Waals surface area contributed by atoms with Crippen molar-refractivity contribution >= 4 is 11.9 Å². The van der Waals surface area contributed by atoms with Crippen LogP contribution in [0.25, 0.3) is 0 Å². The molecule has 4 fully saturated rings. The maximum absolute atomic E-state index is 12.7. The van der Waals surface area contributed by atoms with E-state index in [0.717, 1.165) is 36.0 Å². The van der Waals surface area contributed by atoms with E-state index >= 15 is 0 Å². The van der Waals surface area contributed by atoms with Gasteiger partial charge in [0.25, 0.3) is 0 Å². The van der Waals surface area contributed by atoms with Gasteiger partial charge in [-0.05, 0) is 108 Å². The summed E-state index contributed by atoms with van der Waals surface area (Å²) in [4.78, 5) is 24.9. The van der Waals surface area contributed by atoms with Crippen molar-refractivity contribution in [1.29, 1.82) is 0 Å². The van der Waals surface area contributed by atoms with Gasteiger partial charge in [-0.15, -0.1) is 0 Å². The number of carbonyl (C=O) groups is 2. The van der Waals surface area contributed by atoms with Gasteiger partial charge in [0.15, 0.2) is 6.61 Å². The largest absolute Gasteiger partial charge is 0.457 e. The Balaban J connectivity index is 1.44. The van der Waals surface area contributed by atoms with Crippen LogP contribution < -0.4 is 0 Å². The van der Waals surface area contributed by atoms with Crippen molar-refractivity contribution in [3.05, 3.63) is 0 Å². The van der Waals surface area contributed by atoms with Crippen molar-refractivity contribution < 1.29 is 19.1 Å². The van der Waals surface area contributed by atoms with Crippen LogP contribution >= 0.6 is 0 Å². The lowest BCUT2D eigenvalue weighted by Crippen LogP contribution is -2.54. The zero-order chi connectivity index (χ0) is 21.2. The van der Waals surface area contributed by atoms with Gasteiger partial charge in [0.2, 0.25) is 0 Å². The van der Waals surface area contributed by atoms with Crippen molar-refractivity contribution in [2.75, 3.05) is 6.61 Å². The summed E-state index contributed by atoms with van der Waals surface area (Å²) in [6.45, 7) is 11.9. The van der Waals surface area contributed by atoms with Gasteiger partial charge in [0.1, 0.15) is 5.60 Å². The summed E-state index contributed by atoms with van der Waals surface area (Å²) in [6, 6.07) is 0. The summed E-state index contributed by atoms with van der Waals surface area (Å²) in [5.74, 6) is 4.45. The van der Waals surface area contributed by atoms with Crippen LogP contribution in [0.2, 0.25) is 0 Å². The summed E-state index contributed by atoms with van der Waals surface area (Å²) in [7, 11) is 0. The molecule has 0 aromatic heterocycles. The Bertz CT molecular complexity index is 680. The Morgan fingerprint density at radius 1 is 0.966 bits per heavy atom. The molecular formula is C25H40O4. The molecule has 0 aromatic carbocycles. The molecule has 164 valence electrons. The second kappa shape index (κ2) is 6.99. The zero-order valence-corrected chi connectivity index (χ0v) is 19.3. The zero-order valence-electron chi connectivity index (χ0n) is 19.3. The molecule has 0 radical (unpaired) electrons. The van der Waals surface area contributed by atoms with E-state index in [2.05, 4.69) is 20.8 Å². The van der Waals surface area contributed by atoms with E-state index in [4.69, 9.17) is 9.47 Å². The van der Waals surface area contributed by atoms with Gasteiger partial charge in [-0.2, -0.15) is 0 Å². The minimum atomic E-state index is -0.568. The molecule has 7 atom stereocenters. The van der Waals surface area contributed by atoms with Crippen molar-refractivity contribution in [2.45, 2.75) is 92.1 Å². The molecular weight excluding hydrogens is 364 g/mol. The molecule has 4 rings (SSSR count). The van der Waals surface area contributed by atoms with E-state index < -0.39 is 17.0 Å². The lowest BCUT2D eigenvalue weighted by Gasteiger charge is -2.53. The van der Waals surface area contributed by atoms with Crippen LogP contribution in [-0.4, -0.2) is 24.1 Å². The molecule has 0 N–H and O–H groups in total. The fourth-order valence-electron chi connectivity index (χ4n) is 8.15. The molecule has 0 saturated heterocycles. The number of esters is 2. The van der Waals surface area contributed by atoms with Gasteiger partial charge in [0, 0.05) is 5.41 Å². The van der Waals surface area contributed by atoms with Crippen LogP contribution in [0, 0.1) is 46.3 Å². The van der Waals surface area contributed by atoms with Crippen molar-refractivity contribution in [1.82, 2.24) is 0 Å². The maximum Gasteiger partial charge on any atom is 0.344 e. The Hall–Kier alpha value is -1.06. The summed E-state index contributed by atoms with van der Waals surface area (Å²) in [5.41, 5.74) is -1.04. The lowest BCUT2D eigenvalue weighted by molar-refractivity contribution is -0.191. The van der Waals surface area contributed by atoms with E-state index in [1.807, 2.05) is 20.8 Å². The summed E-state index contributed by atoms with van der Waals surface area (Å²) in [6.07, 6.45) is 8.57. The molecule has 4 bridgehead atoms. The minimum absolute atomic E-state index is 0.0612. The van der Waals surface area contributed by atoms with Crippen LogP contribution in [0.5, 0.6) is 0 Å². The van der Waals surface area contributed by atoms with Crippen molar-refractivity contribution in [3.8, 4) is 0 Å². The van der Waals surface area contributed by atoms with E-state index in [0.29, 0.717) is 12.3 Å². The molecule has 0 spiro atoms. The van der Waals surface area contributed by atoms with E-state index in [-0.39, 0.29) is 18.0 Å². The van der Waals surface area contributed by atoms with Gasteiger partial charge in [-0.25, -0.2) is 4.79 Å². The fraction of sp³-hybridized carbons (Fsp3) is 0.920. The van der Waals surface area contributed by atoms with Crippen LogP contribution in [-0.2, 0) is 19.1 Å². The predicted molar refractivity (Wildman–Crippen MR) is 112 cm³/mol. The van der Waals surface area contributed by atoms with Gasteiger partial charge in [-0.3, -0.25) is 4.79 Å². The molecule has 4 saturated carbocycles. The van der Waals surface area contributed by atoms with Crippen LogP contribution in [0.4, 0.5) is 0 Å². The summed E-state index contributed by atoms with van der Waals surface area (Å²) in [5, 5.41) is 0. The van der Waals surface area contributed by atoms with E-state index in [1.165, 1.54) is 32.1 Å². The van der Waals surface area contributed by atoms with Gasteiger partial charge < -0.3 is 9.47 Å². The second-order valence-electron chi connectivity index (χ2n) is 11.6. The van der Waals surface area contributed by atoms with Crippen molar-refractivity contribution in [2.24, 2.45) is 46.3 Å². The Kier molecular flexibility index (Phi) is 5.10. The van der Waals surface area contributed by atoms with Gasteiger partial charge in [-0.1, -0.05) is 13.8 Å². The number of fused-ring (bicyclic) bond motifs is 9. The molecule has 0 aliphatic heterocycles. The third-order valence-electron chi connectivity index (χ3n) is 9.91. The number of rotatable bonds is 7. The fourth-order valence-corrected chi connectivity index (χ4v) is 8.15. The molecule has 7 unspecified atom stereocenters. The van der Waals surface area contributed by atoms with E-state index in [9.17, 15) is 9.59 Å². The molecule has 4 aliphatic rings. The number of ether oxygens (including phenoxy) is 2. The highest BCUT2D eigenvalue weighted by Crippen LogP contribution is 2.74. The van der Waals surface area contributed by atoms with Gasteiger partial charge in [0.05, 0.1) is 5.41 Å². The highest BCUT2D eigenvalue weighted by molar-refractivity contribution is 5.80. The molecule has 0 aromatic rings. The summed E-state index contributed by atoms with van der Waals surface area (Å²) < 4.78 is 11.4. The Morgan fingerprint density at radius 3 is 2.24 bits per heavy atom.